The number of nitrogens with one attached hydrogen (secondary N) is 1. The number of amides is 1. The zero-order valence-corrected chi connectivity index (χ0v) is 10.3. The van der Waals surface area contributed by atoms with E-state index in [0.29, 0.717) is 6.54 Å². The predicted molar refractivity (Wildman–Crippen MR) is 59.9 cm³/mol. The lowest BCUT2D eigenvalue weighted by Crippen LogP contribution is -2.62. The average Bonchev–Trinajstić information content (AvgIpc) is 2.22. The largest absolute Gasteiger partial charge is 0.469 e. The highest BCUT2D eigenvalue weighted by Crippen LogP contribution is 2.17. The van der Waals surface area contributed by atoms with Crippen molar-refractivity contribution in [3.63, 3.8) is 0 Å². The molecule has 0 aromatic carbocycles. The number of esters is 1. The summed E-state index contributed by atoms with van der Waals surface area (Å²) in [5.41, 5.74) is 0. The quantitative estimate of drug-likeness (QED) is 0.698. The van der Waals surface area contributed by atoms with E-state index in [4.69, 9.17) is 0 Å². The third kappa shape index (κ3) is 2.72. The summed E-state index contributed by atoms with van der Waals surface area (Å²) in [6.07, 6.45) is 0.116. The highest BCUT2D eigenvalue weighted by molar-refractivity contribution is 5.87. The normalized spacial score (nSPS) is 26.7. The molecule has 1 rings (SSSR count). The van der Waals surface area contributed by atoms with Crippen LogP contribution >= 0.6 is 0 Å². The van der Waals surface area contributed by atoms with Crippen LogP contribution in [0.5, 0.6) is 0 Å². The molecule has 0 radical (unpaired) electrons. The molecular weight excluding hydrogens is 208 g/mol. The Morgan fingerprint density at radius 2 is 2.25 bits per heavy atom. The zero-order chi connectivity index (χ0) is 12.3. The number of ether oxygens (including phenoxy) is 1. The second-order valence-electron chi connectivity index (χ2n) is 4.43. The smallest absolute Gasteiger partial charge is 0.307 e. The number of hydrogen-bond acceptors (Lipinski definition) is 4. The van der Waals surface area contributed by atoms with Crippen molar-refractivity contribution in [2.45, 2.75) is 45.3 Å². The molecule has 1 heterocycles. The Morgan fingerprint density at radius 3 is 2.75 bits per heavy atom. The van der Waals surface area contributed by atoms with Gasteiger partial charge in [0.15, 0.2) is 0 Å². The minimum atomic E-state index is -0.406. The number of methoxy groups -OCH3 is 1. The lowest BCUT2D eigenvalue weighted by Gasteiger charge is -2.42. The van der Waals surface area contributed by atoms with Crippen LogP contribution in [0.1, 0.15) is 27.2 Å². The van der Waals surface area contributed by atoms with Crippen LogP contribution in [0, 0.1) is 0 Å². The monoisotopic (exact) mass is 228 g/mol. The van der Waals surface area contributed by atoms with Crippen molar-refractivity contribution >= 4 is 11.9 Å². The number of hydrogen-bond donors (Lipinski definition) is 1. The first-order valence-electron chi connectivity index (χ1n) is 5.59. The Kier molecular flexibility index (Phi) is 4.29. The fourth-order valence-electron chi connectivity index (χ4n) is 2.22. The van der Waals surface area contributed by atoms with Gasteiger partial charge in [0, 0.05) is 18.6 Å². The van der Waals surface area contributed by atoms with E-state index < -0.39 is 6.04 Å². The van der Waals surface area contributed by atoms with Crippen molar-refractivity contribution in [2.24, 2.45) is 0 Å². The highest BCUT2D eigenvalue weighted by atomic mass is 16.5. The van der Waals surface area contributed by atoms with E-state index in [1.807, 2.05) is 20.8 Å². The van der Waals surface area contributed by atoms with Crippen molar-refractivity contribution in [2.75, 3.05) is 13.7 Å². The van der Waals surface area contributed by atoms with E-state index in [-0.39, 0.29) is 30.4 Å². The summed E-state index contributed by atoms with van der Waals surface area (Å²) < 4.78 is 4.62. The standard InChI is InChI=1S/C11H20N2O3/c1-7(2)13-8(3)6-12-11(15)9(13)5-10(14)16-4/h7-9H,5-6H2,1-4H3,(H,12,15). The lowest BCUT2D eigenvalue weighted by atomic mass is 10.0. The van der Waals surface area contributed by atoms with Crippen molar-refractivity contribution < 1.29 is 14.3 Å². The van der Waals surface area contributed by atoms with Gasteiger partial charge in [-0.1, -0.05) is 0 Å². The van der Waals surface area contributed by atoms with Crippen LogP contribution in [-0.2, 0) is 14.3 Å². The van der Waals surface area contributed by atoms with E-state index in [1.54, 1.807) is 0 Å². The summed E-state index contributed by atoms with van der Waals surface area (Å²) >= 11 is 0. The molecule has 0 aliphatic carbocycles. The number of rotatable bonds is 3. The number of nitrogens with zero attached hydrogens (tertiary/aromatic N) is 1. The first-order valence-corrected chi connectivity index (χ1v) is 5.59. The van der Waals surface area contributed by atoms with Gasteiger partial charge in [0.05, 0.1) is 13.5 Å². The van der Waals surface area contributed by atoms with Gasteiger partial charge < -0.3 is 10.1 Å². The average molecular weight is 228 g/mol. The van der Waals surface area contributed by atoms with Crippen molar-refractivity contribution in [1.82, 2.24) is 10.2 Å². The predicted octanol–water partition coefficient (Wildman–Crippen LogP) is 0.147. The Hall–Kier alpha value is -1.10. The molecule has 5 heteroatoms. The maximum Gasteiger partial charge on any atom is 0.307 e. The van der Waals surface area contributed by atoms with Gasteiger partial charge in [0.2, 0.25) is 5.91 Å². The lowest BCUT2D eigenvalue weighted by molar-refractivity contribution is -0.147. The topological polar surface area (TPSA) is 58.6 Å². The highest BCUT2D eigenvalue weighted by Gasteiger charge is 2.37. The van der Waals surface area contributed by atoms with E-state index in [1.165, 1.54) is 7.11 Å². The molecule has 0 aromatic heterocycles. The Balaban J connectivity index is 2.80. The first-order chi connectivity index (χ1) is 7.47. The summed E-state index contributed by atoms with van der Waals surface area (Å²) in [7, 11) is 1.34. The minimum Gasteiger partial charge on any atom is -0.469 e. The maximum absolute atomic E-state index is 11.7. The van der Waals surface area contributed by atoms with Gasteiger partial charge in [-0.05, 0) is 20.8 Å². The third-order valence-electron chi connectivity index (χ3n) is 2.93. The summed E-state index contributed by atoms with van der Waals surface area (Å²) in [4.78, 5) is 25.1. The van der Waals surface area contributed by atoms with Gasteiger partial charge in [0.25, 0.3) is 0 Å². The van der Waals surface area contributed by atoms with E-state index in [0.717, 1.165) is 0 Å². The van der Waals surface area contributed by atoms with Gasteiger partial charge in [-0.15, -0.1) is 0 Å². The molecule has 0 bridgehead atoms. The molecule has 1 aliphatic rings. The SMILES string of the molecule is COC(=O)CC1C(=O)NCC(C)N1C(C)C. The molecule has 0 aromatic rings. The first kappa shape index (κ1) is 13.0. The van der Waals surface area contributed by atoms with Gasteiger partial charge in [-0.2, -0.15) is 0 Å². The maximum atomic E-state index is 11.7. The van der Waals surface area contributed by atoms with Gasteiger partial charge >= 0.3 is 5.97 Å². The molecule has 1 amide bonds. The molecular formula is C11H20N2O3. The molecule has 92 valence electrons. The van der Waals surface area contributed by atoms with Gasteiger partial charge in [-0.25, -0.2) is 0 Å². The molecule has 1 N–H and O–H groups in total. The number of carbonyl (C=O) groups excluding carboxylic acids is 2. The number of piperazine rings is 1. The molecule has 0 spiro atoms. The van der Waals surface area contributed by atoms with E-state index in [9.17, 15) is 9.59 Å². The molecule has 5 nitrogen and oxygen atoms in total. The molecule has 1 fully saturated rings. The van der Waals surface area contributed by atoms with Crippen LogP contribution < -0.4 is 5.32 Å². The fraction of sp³-hybridized carbons (Fsp3) is 0.818. The molecule has 2 atom stereocenters. The van der Waals surface area contributed by atoms with Crippen LogP contribution in [0.4, 0.5) is 0 Å². The minimum absolute atomic E-state index is 0.0859. The van der Waals surface area contributed by atoms with Crippen LogP contribution in [0.15, 0.2) is 0 Å². The molecule has 2 unspecified atom stereocenters. The van der Waals surface area contributed by atoms with E-state index in [2.05, 4.69) is 15.0 Å². The van der Waals surface area contributed by atoms with Gasteiger partial charge in [-0.3, -0.25) is 14.5 Å². The van der Waals surface area contributed by atoms with E-state index >= 15 is 0 Å². The number of carbonyl (C=O) groups is 2. The zero-order valence-electron chi connectivity index (χ0n) is 10.3. The molecule has 16 heavy (non-hydrogen) atoms. The van der Waals surface area contributed by atoms with Crippen LogP contribution in [0.2, 0.25) is 0 Å². The summed E-state index contributed by atoms with van der Waals surface area (Å²) in [5.74, 6) is -0.433. The van der Waals surface area contributed by atoms with Crippen LogP contribution in [-0.4, -0.2) is 48.6 Å². The van der Waals surface area contributed by atoms with Gasteiger partial charge in [0.1, 0.15) is 6.04 Å². The third-order valence-corrected chi connectivity index (χ3v) is 2.93. The van der Waals surface area contributed by atoms with Crippen LogP contribution in [0.25, 0.3) is 0 Å². The summed E-state index contributed by atoms with van der Waals surface area (Å²) in [6, 6.07) is 0.0688. The second kappa shape index (κ2) is 5.30. The Labute approximate surface area is 96.1 Å². The summed E-state index contributed by atoms with van der Waals surface area (Å²) in [6.45, 7) is 6.73. The Bertz CT molecular complexity index is 278. The summed E-state index contributed by atoms with van der Waals surface area (Å²) in [5, 5.41) is 2.81. The molecule has 0 saturated carbocycles. The molecule has 1 aliphatic heterocycles. The van der Waals surface area contributed by atoms with Crippen molar-refractivity contribution in [1.29, 1.82) is 0 Å². The van der Waals surface area contributed by atoms with Crippen LogP contribution in [0.3, 0.4) is 0 Å². The van der Waals surface area contributed by atoms with Crippen molar-refractivity contribution in [3.05, 3.63) is 0 Å². The fourth-order valence-corrected chi connectivity index (χ4v) is 2.22. The second-order valence-corrected chi connectivity index (χ2v) is 4.43. The Morgan fingerprint density at radius 1 is 1.62 bits per heavy atom. The van der Waals surface area contributed by atoms with Crippen molar-refractivity contribution in [3.8, 4) is 0 Å². The molecule has 1 saturated heterocycles.